The molecule has 3 fully saturated rings. The summed E-state index contributed by atoms with van der Waals surface area (Å²) in [6.07, 6.45) is 4.66. The van der Waals surface area contributed by atoms with Gasteiger partial charge in [0.1, 0.15) is 0 Å². The van der Waals surface area contributed by atoms with E-state index < -0.39 is 12.0 Å². The zero-order chi connectivity index (χ0) is 17.4. The lowest BCUT2D eigenvalue weighted by atomic mass is 9.68. The van der Waals surface area contributed by atoms with E-state index >= 15 is 0 Å². The molecule has 1 saturated heterocycles. The first-order valence-electron chi connectivity index (χ1n) is 9.33. The van der Waals surface area contributed by atoms with Crippen LogP contribution in [0.1, 0.15) is 31.2 Å². The minimum atomic E-state index is -0.676. The average molecular weight is 342 g/mol. The summed E-state index contributed by atoms with van der Waals surface area (Å²) in [4.78, 5) is 26.9. The van der Waals surface area contributed by atoms with Crippen LogP contribution in [0.4, 0.5) is 0 Å². The minimum absolute atomic E-state index is 0.207. The van der Waals surface area contributed by atoms with E-state index in [-0.39, 0.29) is 11.3 Å². The van der Waals surface area contributed by atoms with Crippen molar-refractivity contribution in [3.05, 3.63) is 35.9 Å². The highest BCUT2D eigenvalue weighted by molar-refractivity contribution is 5.86. The Balaban J connectivity index is 1.60. The number of amides is 2. The first-order valence-corrected chi connectivity index (χ1v) is 9.33. The van der Waals surface area contributed by atoms with Gasteiger partial charge in [0.05, 0.1) is 18.6 Å². The standard InChI is InChI=1S/C20H26N2O3/c21-18(23)17-13-22(8-9-25-17)19(24)20(11-14-4-2-1-3-5-14)12-15-6-7-16(20)10-15/h1-5,15-17H,6-13H2,(H2,21,23)/t15-,16-,17+,20+/m0/s1. The first kappa shape index (κ1) is 16.6. The number of primary amides is 1. The zero-order valence-corrected chi connectivity index (χ0v) is 14.5. The van der Waals surface area contributed by atoms with Gasteiger partial charge in [0.25, 0.3) is 0 Å². The van der Waals surface area contributed by atoms with Gasteiger partial charge in [-0.3, -0.25) is 9.59 Å². The predicted octanol–water partition coefficient (Wildman–Crippen LogP) is 1.75. The molecule has 0 radical (unpaired) electrons. The van der Waals surface area contributed by atoms with Crippen LogP contribution in [0.25, 0.3) is 0 Å². The molecule has 4 atom stereocenters. The van der Waals surface area contributed by atoms with Crippen molar-refractivity contribution in [1.82, 2.24) is 4.90 Å². The SMILES string of the molecule is NC(=O)[C@H]1CN(C(=O)[C@]2(Cc3ccccc3)C[C@H]3CC[C@H]2C3)CCO1. The second kappa shape index (κ2) is 6.45. The third kappa shape index (κ3) is 2.95. The van der Waals surface area contributed by atoms with Crippen molar-refractivity contribution in [2.45, 2.75) is 38.2 Å². The molecule has 0 unspecified atom stereocenters. The highest BCUT2D eigenvalue weighted by Crippen LogP contribution is 2.58. The van der Waals surface area contributed by atoms with Crippen molar-refractivity contribution < 1.29 is 14.3 Å². The second-order valence-corrected chi connectivity index (χ2v) is 7.91. The number of rotatable bonds is 4. The van der Waals surface area contributed by atoms with Gasteiger partial charge >= 0.3 is 0 Å². The molecule has 2 N–H and O–H groups in total. The van der Waals surface area contributed by atoms with E-state index in [1.807, 2.05) is 23.1 Å². The molecule has 5 heteroatoms. The Morgan fingerprint density at radius 1 is 1.24 bits per heavy atom. The molecule has 1 aliphatic heterocycles. The highest BCUT2D eigenvalue weighted by atomic mass is 16.5. The van der Waals surface area contributed by atoms with Gasteiger partial charge in [0.2, 0.25) is 11.8 Å². The average Bonchev–Trinajstić information content (AvgIpc) is 3.23. The Morgan fingerprint density at radius 2 is 2.04 bits per heavy atom. The Kier molecular flexibility index (Phi) is 4.28. The molecule has 0 spiro atoms. The summed E-state index contributed by atoms with van der Waals surface area (Å²) in [7, 11) is 0. The van der Waals surface area contributed by atoms with Crippen LogP contribution in [-0.4, -0.2) is 42.5 Å². The summed E-state index contributed by atoms with van der Waals surface area (Å²) in [6, 6.07) is 10.3. The second-order valence-electron chi connectivity index (χ2n) is 7.91. The molecular weight excluding hydrogens is 316 g/mol. The summed E-state index contributed by atoms with van der Waals surface area (Å²) in [5, 5.41) is 0. The van der Waals surface area contributed by atoms with Crippen molar-refractivity contribution in [2.75, 3.05) is 19.7 Å². The summed E-state index contributed by atoms with van der Waals surface area (Å²) in [6.45, 7) is 1.23. The van der Waals surface area contributed by atoms with Crippen LogP contribution in [0.15, 0.2) is 30.3 Å². The van der Waals surface area contributed by atoms with E-state index in [1.54, 1.807) is 0 Å². The number of nitrogens with zero attached hydrogens (tertiary/aromatic N) is 1. The minimum Gasteiger partial charge on any atom is -0.367 e. The van der Waals surface area contributed by atoms with Crippen molar-refractivity contribution >= 4 is 11.8 Å². The third-order valence-corrected chi connectivity index (χ3v) is 6.43. The van der Waals surface area contributed by atoms with Crippen molar-refractivity contribution in [3.63, 3.8) is 0 Å². The van der Waals surface area contributed by atoms with E-state index in [2.05, 4.69) is 12.1 Å². The normalized spacial score (nSPS) is 34.2. The fourth-order valence-electron chi connectivity index (χ4n) is 5.28. The molecule has 1 aromatic carbocycles. The van der Waals surface area contributed by atoms with Gasteiger partial charge < -0.3 is 15.4 Å². The topological polar surface area (TPSA) is 72.6 Å². The zero-order valence-electron chi connectivity index (χ0n) is 14.5. The van der Waals surface area contributed by atoms with Crippen LogP contribution in [-0.2, 0) is 20.7 Å². The lowest BCUT2D eigenvalue weighted by Gasteiger charge is -2.42. The van der Waals surface area contributed by atoms with Crippen LogP contribution in [0.5, 0.6) is 0 Å². The maximum Gasteiger partial charge on any atom is 0.248 e. The molecule has 2 amide bonds. The van der Waals surface area contributed by atoms with Crippen molar-refractivity contribution in [1.29, 1.82) is 0 Å². The molecule has 0 aromatic heterocycles. The molecule has 2 aliphatic carbocycles. The summed E-state index contributed by atoms with van der Waals surface area (Å²) >= 11 is 0. The molecule has 2 saturated carbocycles. The van der Waals surface area contributed by atoms with Gasteiger partial charge in [-0.2, -0.15) is 0 Å². The molecule has 5 nitrogen and oxygen atoms in total. The molecule has 1 aromatic rings. The molecule has 25 heavy (non-hydrogen) atoms. The van der Waals surface area contributed by atoms with Crippen LogP contribution < -0.4 is 5.73 Å². The number of nitrogens with two attached hydrogens (primary N) is 1. The summed E-state index contributed by atoms with van der Waals surface area (Å²) in [5.41, 5.74) is 6.31. The lowest BCUT2D eigenvalue weighted by Crippen LogP contribution is -2.56. The van der Waals surface area contributed by atoms with E-state index in [1.165, 1.54) is 18.4 Å². The number of benzene rings is 1. The highest BCUT2D eigenvalue weighted by Gasteiger charge is 2.56. The molecule has 3 aliphatic rings. The summed E-state index contributed by atoms with van der Waals surface area (Å²) in [5.74, 6) is 0.853. The van der Waals surface area contributed by atoms with Gasteiger partial charge in [-0.05, 0) is 43.1 Å². The van der Waals surface area contributed by atoms with Crippen molar-refractivity contribution in [3.8, 4) is 0 Å². The summed E-state index contributed by atoms with van der Waals surface area (Å²) < 4.78 is 5.43. The van der Waals surface area contributed by atoms with E-state index in [0.29, 0.717) is 31.5 Å². The van der Waals surface area contributed by atoms with Gasteiger partial charge in [0, 0.05) is 6.54 Å². The maximum atomic E-state index is 13.6. The fourth-order valence-corrected chi connectivity index (χ4v) is 5.28. The predicted molar refractivity (Wildman–Crippen MR) is 93.5 cm³/mol. The van der Waals surface area contributed by atoms with E-state index in [0.717, 1.165) is 19.3 Å². The van der Waals surface area contributed by atoms with Crippen LogP contribution >= 0.6 is 0 Å². The van der Waals surface area contributed by atoms with Gasteiger partial charge in [-0.15, -0.1) is 0 Å². The van der Waals surface area contributed by atoms with E-state index in [9.17, 15) is 9.59 Å². The Bertz CT molecular complexity index is 662. The van der Waals surface area contributed by atoms with E-state index in [4.69, 9.17) is 10.5 Å². The Hall–Kier alpha value is -1.88. The quantitative estimate of drug-likeness (QED) is 0.906. The number of fused-ring (bicyclic) bond motifs is 2. The molecule has 1 heterocycles. The van der Waals surface area contributed by atoms with Gasteiger partial charge in [-0.1, -0.05) is 36.8 Å². The number of hydrogen-bond donors (Lipinski definition) is 1. The molecule has 2 bridgehead atoms. The number of ether oxygens (including phenoxy) is 1. The first-order chi connectivity index (χ1) is 12.1. The fraction of sp³-hybridized carbons (Fsp3) is 0.600. The number of carbonyl (C=O) groups excluding carboxylic acids is 2. The number of morpholine rings is 1. The van der Waals surface area contributed by atoms with Gasteiger partial charge in [-0.25, -0.2) is 0 Å². The van der Waals surface area contributed by atoms with Crippen LogP contribution in [0.2, 0.25) is 0 Å². The Labute approximate surface area is 148 Å². The smallest absolute Gasteiger partial charge is 0.248 e. The monoisotopic (exact) mass is 342 g/mol. The van der Waals surface area contributed by atoms with Crippen LogP contribution in [0.3, 0.4) is 0 Å². The number of carbonyl (C=O) groups is 2. The molecule has 134 valence electrons. The Morgan fingerprint density at radius 3 is 2.68 bits per heavy atom. The lowest BCUT2D eigenvalue weighted by molar-refractivity contribution is -0.156. The number of hydrogen-bond acceptors (Lipinski definition) is 3. The third-order valence-electron chi connectivity index (χ3n) is 6.43. The van der Waals surface area contributed by atoms with Crippen LogP contribution in [0, 0.1) is 17.3 Å². The largest absolute Gasteiger partial charge is 0.367 e. The van der Waals surface area contributed by atoms with Gasteiger partial charge in [0.15, 0.2) is 6.10 Å². The molecule has 4 rings (SSSR count). The molecular formula is C20H26N2O3. The maximum absolute atomic E-state index is 13.6. The van der Waals surface area contributed by atoms with Crippen molar-refractivity contribution in [2.24, 2.45) is 23.0 Å².